The molecule has 0 radical (unpaired) electrons. The lowest BCUT2D eigenvalue weighted by atomic mass is 10.2. The number of rotatable bonds is 12. The summed E-state index contributed by atoms with van der Waals surface area (Å²) >= 11 is 1.16. The van der Waals surface area contributed by atoms with Gasteiger partial charge in [-0.1, -0.05) is 0 Å². The molecule has 2 aromatic rings. The van der Waals surface area contributed by atoms with Gasteiger partial charge in [0.1, 0.15) is 15.5 Å². The number of aliphatic hydroxyl groups excluding tert-OH is 1. The highest BCUT2D eigenvalue weighted by atomic mass is 32.1. The zero-order valence-corrected chi connectivity index (χ0v) is 18.1. The molecule has 29 heavy (non-hydrogen) atoms. The van der Waals surface area contributed by atoms with Crippen LogP contribution in [0.3, 0.4) is 0 Å². The molecule has 2 N–H and O–H groups in total. The first-order valence-electron chi connectivity index (χ1n) is 9.48. The molecule has 0 aliphatic rings. The van der Waals surface area contributed by atoms with E-state index < -0.39 is 12.1 Å². The second-order valence-corrected chi connectivity index (χ2v) is 7.66. The van der Waals surface area contributed by atoms with E-state index in [1.807, 2.05) is 4.90 Å². The number of hydrogen-bond acceptors (Lipinski definition) is 9. The van der Waals surface area contributed by atoms with Gasteiger partial charge in [-0.25, -0.2) is 9.78 Å². The Morgan fingerprint density at radius 3 is 2.76 bits per heavy atom. The molecule has 10 heteroatoms. The number of nitrogens with one attached hydrogen (secondary N) is 1. The fourth-order valence-electron chi connectivity index (χ4n) is 3.08. The number of nitrogens with zero attached hydrogens (tertiary/aromatic N) is 2. The molecular formula is C19H29N3O6S. The summed E-state index contributed by atoms with van der Waals surface area (Å²) in [7, 11) is 3.17. The molecule has 0 bridgehead atoms. The Morgan fingerprint density at radius 2 is 2.10 bits per heavy atom. The molecule has 0 aromatic carbocycles. The van der Waals surface area contributed by atoms with Crippen LogP contribution in [0.5, 0.6) is 0 Å². The number of ether oxygens (including phenoxy) is 3. The quantitative estimate of drug-likeness (QED) is 0.385. The van der Waals surface area contributed by atoms with Crippen molar-refractivity contribution in [1.29, 1.82) is 0 Å². The summed E-state index contributed by atoms with van der Waals surface area (Å²) in [6.07, 6.45) is 0.116. The fourth-order valence-corrected chi connectivity index (χ4v) is 4.17. The van der Waals surface area contributed by atoms with E-state index >= 15 is 0 Å². The highest BCUT2D eigenvalue weighted by Crippen LogP contribution is 2.27. The number of aromatic amines is 1. The minimum Gasteiger partial charge on any atom is -0.462 e. The highest BCUT2D eigenvalue weighted by Gasteiger charge is 2.21. The number of methoxy groups -OCH3 is 2. The van der Waals surface area contributed by atoms with Crippen molar-refractivity contribution in [2.24, 2.45) is 0 Å². The molecule has 0 unspecified atom stereocenters. The summed E-state index contributed by atoms with van der Waals surface area (Å²) in [5.74, 6) is 0.0269. The van der Waals surface area contributed by atoms with E-state index in [9.17, 15) is 14.7 Å². The molecule has 0 spiro atoms. The van der Waals surface area contributed by atoms with Gasteiger partial charge in [-0.05, 0) is 25.8 Å². The Morgan fingerprint density at radius 1 is 1.34 bits per heavy atom. The Kier molecular flexibility index (Phi) is 9.18. The van der Waals surface area contributed by atoms with Gasteiger partial charge in [-0.2, -0.15) is 0 Å². The summed E-state index contributed by atoms with van der Waals surface area (Å²) in [6.45, 7) is 5.91. The molecule has 0 aliphatic carbocycles. The summed E-state index contributed by atoms with van der Waals surface area (Å²) in [5.41, 5.74) is 0.291. The van der Waals surface area contributed by atoms with Crippen LogP contribution in [0.4, 0.5) is 0 Å². The standard InChI is InChI=1S/C19H29N3O6S/c1-5-28-19(25)16-12(2)15-17(24)20-14(21-18(15)29-16)10-22(7-6-8-26-3)9-13(23)11-27-4/h13,23H,5-11H2,1-4H3,(H,20,21,24)/t13-/m0/s1. The molecule has 0 saturated carbocycles. The van der Waals surface area contributed by atoms with Crippen LogP contribution in [0.2, 0.25) is 0 Å². The average Bonchev–Trinajstić information content (AvgIpc) is 2.99. The molecule has 1 atom stereocenters. The number of aromatic nitrogens is 2. The Bertz CT molecular complexity index is 865. The second-order valence-electron chi connectivity index (χ2n) is 6.66. The molecule has 0 amide bonds. The van der Waals surface area contributed by atoms with Gasteiger partial charge in [0.15, 0.2) is 0 Å². The van der Waals surface area contributed by atoms with Crippen molar-refractivity contribution in [2.45, 2.75) is 32.9 Å². The number of carbonyl (C=O) groups excluding carboxylic acids is 1. The number of hydrogen-bond donors (Lipinski definition) is 2. The maximum atomic E-state index is 12.6. The summed E-state index contributed by atoms with van der Waals surface area (Å²) in [6, 6.07) is 0. The predicted molar refractivity (Wildman–Crippen MR) is 111 cm³/mol. The smallest absolute Gasteiger partial charge is 0.348 e. The fraction of sp³-hybridized carbons (Fsp3) is 0.632. The van der Waals surface area contributed by atoms with Crippen LogP contribution in [0.25, 0.3) is 10.2 Å². The van der Waals surface area contributed by atoms with E-state index in [4.69, 9.17) is 14.2 Å². The third kappa shape index (κ3) is 6.31. The number of aliphatic hydroxyl groups is 1. The number of fused-ring (bicyclic) bond motifs is 1. The van der Waals surface area contributed by atoms with Gasteiger partial charge >= 0.3 is 5.97 Å². The normalized spacial score (nSPS) is 12.6. The van der Waals surface area contributed by atoms with E-state index in [0.717, 1.165) is 17.8 Å². The van der Waals surface area contributed by atoms with Crippen molar-refractivity contribution in [1.82, 2.24) is 14.9 Å². The zero-order chi connectivity index (χ0) is 21.4. The number of thiophene rings is 1. The largest absolute Gasteiger partial charge is 0.462 e. The van der Waals surface area contributed by atoms with Crippen molar-refractivity contribution in [3.8, 4) is 0 Å². The number of carbonyl (C=O) groups is 1. The van der Waals surface area contributed by atoms with Gasteiger partial charge in [0.05, 0.1) is 31.2 Å². The first-order valence-corrected chi connectivity index (χ1v) is 10.3. The van der Waals surface area contributed by atoms with Gasteiger partial charge in [0, 0.05) is 33.9 Å². The lowest BCUT2D eigenvalue weighted by Gasteiger charge is -2.24. The van der Waals surface area contributed by atoms with Crippen molar-refractivity contribution in [2.75, 3.05) is 47.1 Å². The number of esters is 1. The first-order chi connectivity index (χ1) is 13.9. The van der Waals surface area contributed by atoms with Crippen molar-refractivity contribution < 1.29 is 24.1 Å². The molecule has 0 saturated heterocycles. The van der Waals surface area contributed by atoms with E-state index in [1.54, 1.807) is 21.0 Å². The van der Waals surface area contributed by atoms with Gasteiger partial charge in [-0.3, -0.25) is 9.69 Å². The molecule has 2 aromatic heterocycles. The molecular weight excluding hydrogens is 398 g/mol. The Hall–Kier alpha value is -1.85. The van der Waals surface area contributed by atoms with Gasteiger partial charge in [-0.15, -0.1) is 11.3 Å². The zero-order valence-electron chi connectivity index (χ0n) is 17.3. The predicted octanol–water partition coefficient (Wildman–Crippen LogP) is 1.32. The minimum absolute atomic E-state index is 0.219. The molecule has 162 valence electrons. The average molecular weight is 428 g/mol. The minimum atomic E-state index is -0.655. The molecule has 2 rings (SSSR count). The van der Waals surface area contributed by atoms with Crippen LogP contribution in [-0.4, -0.2) is 79.2 Å². The van der Waals surface area contributed by atoms with E-state index in [2.05, 4.69) is 9.97 Å². The van der Waals surface area contributed by atoms with Crippen molar-refractivity contribution in [3.05, 3.63) is 26.6 Å². The molecule has 0 aliphatic heterocycles. The van der Waals surface area contributed by atoms with Crippen LogP contribution < -0.4 is 5.56 Å². The number of aryl methyl sites for hydroxylation is 1. The summed E-state index contributed by atoms with van der Waals surface area (Å²) in [4.78, 5) is 35.0. The highest BCUT2D eigenvalue weighted by molar-refractivity contribution is 7.20. The van der Waals surface area contributed by atoms with E-state index in [-0.39, 0.29) is 18.8 Å². The number of H-pyrrole nitrogens is 1. The lowest BCUT2D eigenvalue weighted by Crippen LogP contribution is -2.36. The molecule has 0 fully saturated rings. The second kappa shape index (κ2) is 11.4. The third-order valence-electron chi connectivity index (χ3n) is 4.33. The Labute approximate surface area is 173 Å². The van der Waals surface area contributed by atoms with Crippen LogP contribution in [-0.2, 0) is 20.8 Å². The SMILES string of the molecule is CCOC(=O)c1sc2nc(CN(CCCOC)C[C@H](O)COC)[nH]c(=O)c2c1C. The summed E-state index contributed by atoms with van der Waals surface area (Å²) in [5, 5.41) is 10.5. The van der Waals surface area contributed by atoms with Crippen LogP contribution >= 0.6 is 11.3 Å². The van der Waals surface area contributed by atoms with Crippen LogP contribution in [0.15, 0.2) is 4.79 Å². The maximum Gasteiger partial charge on any atom is 0.348 e. The molecule has 2 heterocycles. The first kappa shape index (κ1) is 23.4. The Balaban J connectivity index is 2.27. The lowest BCUT2D eigenvalue weighted by molar-refractivity contribution is 0.0331. The van der Waals surface area contributed by atoms with E-state index in [0.29, 0.717) is 52.7 Å². The monoisotopic (exact) mass is 427 g/mol. The van der Waals surface area contributed by atoms with Gasteiger partial charge in [0.25, 0.3) is 5.56 Å². The topological polar surface area (TPSA) is 114 Å². The molecule has 9 nitrogen and oxygen atoms in total. The van der Waals surface area contributed by atoms with Crippen LogP contribution in [0.1, 0.15) is 34.4 Å². The van der Waals surface area contributed by atoms with Gasteiger partial charge in [0.2, 0.25) is 0 Å². The van der Waals surface area contributed by atoms with Crippen molar-refractivity contribution >= 4 is 27.5 Å². The summed E-state index contributed by atoms with van der Waals surface area (Å²) < 4.78 is 15.2. The third-order valence-corrected chi connectivity index (χ3v) is 5.50. The van der Waals surface area contributed by atoms with E-state index in [1.165, 1.54) is 7.11 Å². The maximum absolute atomic E-state index is 12.6. The van der Waals surface area contributed by atoms with Crippen molar-refractivity contribution in [3.63, 3.8) is 0 Å². The van der Waals surface area contributed by atoms with Crippen LogP contribution in [0, 0.1) is 6.92 Å². The van der Waals surface area contributed by atoms with Gasteiger partial charge < -0.3 is 24.3 Å².